The van der Waals surface area contributed by atoms with Crippen LogP contribution in [-0.4, -0.2) is 24.0 Å². The molecule has 1 amide bonds. The second-order valence-corrected chi connectivity index (χ2v) is 6.85. The summed E-state index contributed by atoms with van der Waals surface area (Å²) in [6, 6.07) is 15.2. The molecule has 0 aliphatic heterocycles. The topological polar surface area (TPSA) is 50.7 Å². The van der Waals surface area contributed by atoms with Crippen LogP contribution in [-0.2, 0) is 4.79 Å². The van der Waals surface area contributed by atoms with Gasteiger partial charge in [0.2, 0.25) is 5.91 Å². The first-order valence-electron chi connectivity index (χ1n) is 8.03. The fourth-order valence-electron chi connectivity index (χ4n) is 2.02. The van der Waals surface area contributed by atoms with Crippen LogP contribution in [0.5, 0.6) is 5.75 Å². The number of hydrogen-bond acceptors (Lipinski definition) is 4. The molecule has 2 aromatic rings. The lowest BCUT2D eigenvalue weighted by atomic mass is 10.1. The summed E-state index contributed by atoms with van der Waals surface area (Å²) >= 11 is 7.46. The maximum atomic E-state index is 11.9. The van der Waals surface area contributed by atoms with Gasteiger partial charge in [-0.15, -0.1) is 11.8 Å². The Morgan fingerprint density at radius 2 is 1.84 bits per heavy atom. The lowest BCUT2D eigenvalue weighted by molar-refractivity contribution is -0.120. The van der Waals surface area contributed by atoms with E-state index >= 15 is 0 Å². The minimum atomic E-state index is -0.105. The highest BCUT2D eigenvalue weighted by Gasteiger charge is 2.03. The molecule has 0 saturated heterocycles. The van der Waals surface area contributed by atoms with Crippen molar-refractivity contribution in [1.29, 1.82) is 0 Å². The lowest BCUT2D eigenvalue weighted by Crippen LogP contribution is -2.19. The second-order valence-electron chi connectivity index (χ2n) is 5.24. The maximum Gasteiger partial charge on any atom is 0.240 e. The number of ether oxygens (including phenoxy) is 1. The number of rotatable bonds is 8. The number of carbonyl (C=O) groups is 1. The van der Waals surface area contributed by atoms with Gasteiger partial charge in [0.1, 0.15) is 5.75 Å². The predicted octanol–water partition coefficient (Wildman–Crippen LogP) is 4.76. The Bertz CT molecular complexity index is 715. The summed E-state index contributed by atoms with van der Waals surface area (Å²) < 4.78 is 5.41. The molecule has 0 aliphatic carbocycles. The highest BCUT2D eigenvalue weighted by atomic mass is 35.5. The highest BCUT2D eigenvalue weighted by molar-refractivity contribution is 7.99. The molecule has 2 rings (SSSR count). The first kappa shape index (κ1) is 19.3. The number of nitrogens with one attached hydrogen (secondary N) is 1. The number of amides is 1. The van der Waals surface area contributed by atoms with E-state index in [0.29, 0.717) is 23.8 Å². The molecule has 0 aliphatic rings. The van der Waals surface area contributed by atoms with Crippen molar-refractivity contribution in [3.8, 4) is 5.75 Å². The Morgan fingerprint density at radius 1 is 1.16 bits per heavy atom. The van der Waals surface area contributed by atoms with Crippen LogP contribution in [0.25, 0.3) is 0 Å². The smallest absolute Gasteiger partial charge is 0.240 e. The van der Waals surface area contributed by atoms with Crippen LogP contribution in [0, 0.1) is 0 Å². The third-order valence-electron chi connectivity index (χ3n) is 3.34. The first-order valence-corrected chi connectivity index (χ1v) is 9.39. The molecule has 132 valence electrons. The van der Waals surface area contributed by atoms with Crippen molar-refractivity contribution in [3.05, 3.63) is 59.1 Å². The zero-order valence-corrected chi connectivity index (χ0v) is 15.9. The maximum absolute atomic E-state index is 11.9. The molecule has 4 nitrogen and oxygen atoms in total. The third kappa shape index (κ3) is 6.80. The van der Waals surface area contributed by atoms with Gasteiger partial charge in [-0.1, -0.05) is 11.6 Å². The van der Waals surface area contributed by atoms with Crippen LogP contribution in [0.2, 0.25) is 5.02 Å². The van der Waals surface area contributed by atoms with Crippen molar-refractivity contribution in [2.24, 2.45) is 5.10 Å². The first-order chi connectivity index (χ1) is 12.1. The van der Waals surface area contributed by atoms with E-state index in [1.54, 1.807) is 11.8 Å². The number of thioether (sulfide) groups is 1. The van der Waals surface area contributed by atoms with Crippen LogP contribution in [0.3, 0.4) is 0 Å². The van der Waals surface area contributed by atoms with Gasteiger partial charge in [-0.25, -0.2) is 5.43 Å². The van der Waals surface area contributed by atoms with Crippen LogP contribution in [0.4, 0.5) is 0 Å². The van der Waals surface area contributed by atoms with Crippen molar-refractivity contribution in [2.75, 3.05) is 12.4 Å². The Balaban J connectivity index is 1.77. The molecule has 0 saturated carbocycles. The molecule has 0 atom stereocenters. The van der Waals surface area contributed by atoms with Crippen molar-refractivity contribution in [1.82, 2.24) is 5.43 Å². The molecule has 25 heavy (non-hydrogen) atoms. The van der Waals surface area contributed by atoms with Gasteiger partial charge >= 0.3 is 0 Å². The summed E-state index contributed by atoms with van der Waals surface area (Å²) in [6.45, 7) is 4.44. The standard InChI is InChI=1S/C19H21ClN2O2S/c1-3-24-17-8-4-15(5-9-17)14(2)21-22-19(23)12-13-25-18-10-6-16(20)7-11-18/h4-11H,3,12-13H2,1-2H3,(H,22,23)/b21-14-. The minimum Gasteiger partial charge on any atom is -0.494 e. The van der Waals surface area contributed by atoms with Gasteiger partial charge in [0.15, 0.2) is 0 Å². The Kier molecular flexibility index (Phi) is 7.82. The molecular formula is C19H21ClN2O2S. The van der Waals surface area contributed by atoms with Gasteiger partial charge in [0, 0.05) is 22.1 Å². The molecule has 0 fully saturated rings. The summed E-state index contributed by atoms with van der Waals surface area (Å²) in [5.74, 6) is 1.40. The number of hydrazone groups is 1. The van der Waals surface area contributed by atoms with E-state index in [1.165, 1.54) is 0 Å². The fraction of sp³-hybridized carbons (Fsp3) is 0.263. The lowest BCUT2D eigenvalue weighted by Gasteiger charge is -2.05. The average molecular weight is 377 g/mol. The summed E-state index contributed by atoms with van der Waals surface area (Å²) in [5, 5.41) is 4.87. The molecule has 0 bridgehead atoms. The SMILES string of the molecule is CCOc1ccc(/C(C)=N\NC(=O)CCSc2ccc(Cl)cc2)cc1. The number of nitrogens with zero attached hydrogens (tertiary/aromatic N) is 1. The highest BCUT2D eigenvalue weighted by Crippen LogP contribution is 2.20. The predicted molar refractivity (Wildman–Crippen MR) is 105 cm³/mol. The van der Waals surface area contributed by atoms with Gasteiger partial charge in [-0.3, -0.25) is 4.79 Å². The van der Waals surface area contributed by atoms with Crippen LogP contribution < -0.4 is 10.2 Å². The van der Waals surface area contributed by atoms with Crippen molar-refractivity contribution in [3.63, 3.8) is 0 Å². The van der Waals surface area contributed by atoms with Gasteiger partial charge in [0.25, 0.3) is 0 Å². The van der Waals surface area contributed by atoms with E-state index in [9.17, 15) is 4.79 Å². The van der Waals surface area contributed by atoms with Crippen molar-refractivity contribution < 1.29 is 9.53 Å². The second kappa shape index (κ2) is 10.1. The number of halogens is 1. The normalized spacial score (nSPS) is 11.2. The summed E-state index contributed by atoms with van der Waals surface area (Å²) in [7, 11) is 0. The molecule has 0 spiro atoms. The van der Waals surface area contributed by atoms with Gasteiger partial charge in [-0.05, 0) is 67.9 Å². The Hall–Kier alpha value is -1.98. The molecule has 0 radical (unpaired) electrons. The van der Waals surface area contributed by atoms with Crippen LogP contribution in [0.1, 0.15) is 25.8 Å². The fourth-order valence-corrected chi connectivity index (χ4v) is 3.00. The van der Waals surface area contributed by atoms with Gasteiger partial charge in [-0.2, -0.15) is 5.10 Å². The molecule has 6 heteroatoms. The van der Waals surface area contributed by atoms with E-state index in [0.717, 1.165) is 21.9 Å². The van der Waals surface area contributed by atoms with Crippen molar-refractivity contribution in [2.45, 2.75) is 25.2 Å². The number of carbonyl (C=O) groups excluding carboxylic acids is 1. The van der Waals surface area contributed by atoms with Crippen molar-refractivity contribution >= 4 is 35.0 Å². The Morgan fingerprint density at radius 3 is 2.48 bits per heavy atom. The van der Waals surface area contributed by atoms with Gasteiger partial charge in [0.05, 0.1) is 12.3 Å². The van der Waals surface area contributed by atoms with Gasteiger partial charge < -0.3 is 4.74 Å². The molecule has 2 aromatic carbocycles. The molecule has 1 N–H and O–H groups in total. The van der Waals surface area contributed by atoms with Crippen LogP contribution in [0.15, 0.2) is 58.5 Å². The van der Waals surface area contributed by atoms with E-state index in [2.05, 4.69) is 10.5 Å². The number of hydrogen-bond donors (Lipinski definition) is 1. The summed E-state index contributed by atoms with van der Waals surface area (Å²) in [5.41, 5.74) is 4.29. The van der Waals surface area contributed by atoms with Crippen LogP contribution >= 0.6 is 23.4 Å². The monoisotopic (exact) mass is 376 g/mol. The summed E-state index contributed by atoms with van der Waals surface area (Å²) in [4.78, 5) is 13.0. The molecular weight excluding hydrogens is 356 g/mol. The average Bonchev–Trinajstić information content (AvgIpc) is 2.62. The van der Waals surface area contributed by atoms with E-state index < -0.39 is 0 Å². The summed E-state index contributed by atoms with van der Waals surface area (Å²) in [6.07, 6.45) is 0.396. The zero-order valence-electron chi connectivity index (χ0n) is 14.3. The minimum absolute atomic E-state index is 0.105. The number of benzene rings is 2. The molecule has 0 heterocycles. The zero-order chi connectivity index (χ0) is 18.1. The largest absolute Gasteiger partial charge is 0.494 e. The molecule has 0 aromatic heterocycles. The van der Waals surface area contributed by atoms with E-state index in [4.69, 9.17) is 16.3 Å². The third-order valence-corrected chi connectivity index (χ3v) is 4.61. The van der Waals surface area contributed by atoms with E-state index in [1.807, 2.05) is 62.4 Å². The van der Waals surface area contributed by atoms with E-state index in [-0.39, 0.29) is 5.91 Å². The molecule has 0 unspecified atom stereocenters. The Labute approximate surface area is 157 Å². The quantitative estimate of drug-likeness (QED) is 0.410.